The van der Waals surface area contributed by atoms with Gasteiger partial charge in [-0.3, -0.25) is 9.48 Å². The smallest absolute Gasteiger partial charge is 0.348 e. The first-order valence-corrected chi connectivity index (χ1v) is 10.8. The predicted molar refractivity (Wildman–Crippen MR) is 113 cm³/mol. The Hall–Kier alpha value is -2.20. The number of esters is 2. The van der Waals surface area contributed by atoms with Crippen LogP contribution in [0.4, 0.5) is 5.00 Å². The van der Waals surface area contributed by atoms with Crippen LogP contribution in [0.1, 0.15) is 65.8 Å². The van der Waals surface area contributed by atoms with E-state index in [1.165, 1.54) is 4.68 Å². The summed E-state index contributed by atoms with van der Waals surface area (Å²) in [6.45, 7) is 8.86. The zero-order chi connectivity index (χ0) is 21.7. The second kappa shape index (κ2) is 10.0. The number of nitrogens with zero attached hydrogens (tertiary/aromatic N) is 2. The minimum atomic E-state index is -0.602. The van der Waals surface area contributed by atoms with Gasteiger partial charge in [-0.05, 0) is 55.6 Å². The van der Waals surface area contributed by atoms with Crippen molar-refractivity contribution in [2.24, 2.45) is 0 Å². The van der Waals surface area contributed by atoms with Crippen LogP contribution < -0.4 is 5.32 Å². The van der Waals surface area contributed by atoms with Crippen LogP contribution in [-0.4, -0.2) is 40.3 Å². The number of ether oxygens (including phenoxy) is 2. The topological polar surface area (TPSA) is 99.5 Å². The molecule has 0 saturated carbocycles. The Morgan fingerprint density at radius 3 is 2.48 bits per heavy atom. The van der Waals surface area contributed by atoms with Gasteiger partial charge < -0.3 is 14.8 Å². The standard InChI is InChI=1S/C19H24BrN3O5S/c1-6-13(23-9-12(20)8-21-23)16(24)22-17-14(18(25)28-10(3)4)11(5)15(29-17)19(26)27-7-2/h8-10,13H,6-7H2,1-5H3,(H,22,24). The molecule has 0 bridgehead atoms. The van der Waals surface area contributed by atoms with Gasteiger partial charge in [-0.2, -0.15) is 5.10 Å². The van der Waals surface area contributed by atoms with Gasteiger partial charge in [-0.1, -0.05) is 6.92 Å². The minimum Gasteiger partial charge on any atom is -0.462 e. The van der Waals surface area contributed by atoms with Gasteiger partial charge in [0, 0.05) is 6.20 Å². The number of halogens is 1. The van der Waals surface area contributed by atoms with Crippen molar-refractivity contribution in [3.05, 3.63) is 32.9 Å². The fraction of sp³-hybridized carbons (Fsp3) is 0.474. The second-order valence-corrected chi connectivity index (χ2v) is 8.42. The highest BCUT2D eigenvalue weighted by Crippen LogP contribution is 2.35. The van der Waals surface area contributed by atoms with Crippen molar-refractivity contribution in [2.75, 3.05) is 11.9 Å². The molecule has 2 aromatic rings. The van der Waals surface area contributed by atoms with E-state index >= 15 is 0 Å². The van der Waals surface area contributed by atoms with Gasteiger partial charge in [-0.25, -0.2) is 9.59 Å². The monoisotopic (exact) mass is 485 g/mol. The van der Waals surface area contributed by atoms with Crippen molar-refractivity contribution in [1.82, 2.24) is 9.78 Å². The van der Waals surface area contributed by atoms with Crippen LogP contribution in [-0.2, 0) is 14.3 Å². The molecule has 0 aliphatic carbocycles. The van der Waals surface area contributed by atoms with Crippen molar-refractivity contribution >= 4 is 50.1 Å². The van der Waals surface area contributed by atoms with Crippen molar-refractivity contribution in [3.8, 4) is 0 Å². The number of carbonyl (C=O) groups is 3. The SMILES string of the molecule is CCOC(=O)c1sc(NC(=O)C(CC)n2cc(Br)cn2)c(C(=O)OC(C)C)c1C. The molecule has 1 atom stereocenters. The number of hydrogen-bond donors (Lipinski definition) is 1. The second-order valence-electron chi connectivity index (χ2n) is 6.49. The van der Waals surface area contributed by atoms with Crippen LogP contribution in [0, 0.1) is 6.92 Å². The Bertz CT molecular complexity index is 906. The van der Waals surface area contributed by atoms with E-state index in [1.807, 2.05) is 6.92 Å². The van der Waals surface area contributed by atoms with Crippen molar-refractivity contribution in [3.63, 3.8) is 0 Å². The predicted octanol–water partition coefficient (Wildman–Crippen LogP) is 4.35. The van der Waals surface area contributed by atoms with E-state index in [9.17, 15) is 14.4 Å². The summed E-state index contributed by atoms with van der Waals surface area (Å²) in [4.78, 5) is 38.1. The molecule has 0 aliphatic heterocycles. The lowest BCUT2D eigenvalue weighted by molar-refractivity contribution is -0.119. The average Bonchev–Trinajstić information content (AvgIpc) is 3.18. The van der Waals surface area contributed by atoms with Crippen molar-refractivity contribution in [1.29, 1.82) is 0 Å². The molecule has 0 spiro atoms. The van der Waals surface area contributed by atoms with Gasteiger partial charge in [0.15, 0.2) is 0 Å². The van der Waals surface area contributed by atoms with Gasteiger partial charge in [0.1, 0.15) is 15.9 Å². The maximum absolute atomic E-state index is 12.9. The first kappa shape index (κ1) is 23.1. The molecule has 1 amide bonds. The van der Waals surface area contributed by atoms with E-state index in [2.05, 4.69) is 26.3 Å². The van der Waals surface area contributed by atoms with Crippen molar-refractivity contribution < 1.29 is 23.9 Å². The molecule has 0 radical (unpaired) electrons. The van der Waals surface area contributed by atoms with E-state index in [0.29, 0.717) is 12.0 Å². The molecule has 1 unspecified atom stereocenters. The number of aromatic nitrogens is 2. The summed E-state index contributed by atoms with van der Waals surface area (Å²) in [5, 5.41) is 7.20. The Labute approximate surface area is 181 Å². The summed E-state index contributed by atoms with van der Waals surface area (Å²) < 4.78 is 12.7. The lowest BCUT2D eigenvalue weighted by atomic mass is 10.1. The third-order valence-corrected chi connectivity index (χ3v) is 5.57. The third kappa shape index (κ3) is 5.45. The zero-order valence-electron chi connectivity index (χ0n) is 16.9. The fourth-order valence-corrected chi connectivity index (χ4v) is 4.08. The van der Waals surface area contributed by atoms with Crippen LogP contribution in [0.2, 0.25) is 0 Å². The largest absolute Gasteiger partial charge is 0.462 e. The molecule has 0 aromatic carbocycles. The van der Waals surface area contributed by atoms with Gasteiger partial charge in [0.25, 0.3) is 0 Å². The van der Waals surface area contributed by atoms with E-state index in [-0.39, 0.29) is 34.1 Å². The number of rotatable bonds is 8. The van der Waals surface area contributed by atoms with Crippen LogP contribution in [0.5, 0.6) is 0 Å². The molecule has 29 heavy (non-hydrogen) atoms. The number of amides is 1. The van der Waals surface area contributed by atoms with Gasteiger partial charge in [0.05, 0.1) is 28.9 Å². The van der Waals surface area contributed by atoms with Crippen LogP contribution in [0.3, 0.4) is 0 Å². The number of thiophene rings is 1. The number of carbonyl (C=O) groups excluding carboxylic acids is 3. The molecule has 0 saturated heterocycles. The molecule has 10 heteroatoms. The highest BCUT2D eigenvalue weighted by Gasteiger charge is 2.29. The van der Waals surface area contributed by atoms with Crippen LogP contribution in [0.15, 0.2) is 16.9 Å². The molecule has 2 heterocycles. The average molecular weight is 486 g/mol. The molecule has 2 aromatic heterocycles. The van der Waals surface area contributed by atoms with Gasteiger partial charge in [-0.15, -0.1) is 11.3 Å². The Morgan fingerprint density at radius 1 is 1.28 bits per heavy atom. The summed E-state index contributed by atoms with van der Waals surface area (Å²) in [5.41, 5.74) is 0.584. The molecule has 0 fully saturated rings. The molecule has 8 nitrogen and oxygen atoms in total. The molecule has 0 aliphatic rings. The maximum Gasteiger partial charge on any atom is 0.348 e. The van der Waals surface area contributed by atoms with E-state index in [1.54, 1.807) is 40.1 Å². The summed E-state index contributed by atoms with van der Waals surface area (Å²) >= 11 is 4.32. The lowest BCUT2D eigenvalue weighted by Gasteiger charge is -2.16. The Morgan fingerprint density at radius 2 is 1.97 bits per heavy atom. The van der Waals surface area contributed by atoms with Gasteiger partial charge in [0.2, 0.25) is 5.91 Å². The fourth-order valence-electron chi connectivity index (χ4n) is 2.68. The molecule has 1 N–H and O–H groups in total. The third-order valence-electron chi connectivity index (χ3n) is 3.97. The van der Waals surface area contributed by atoms with Crippen molar-refractivity contribution in [2.45, 2.75) is 53.2 Å². The lowest BCUT2D eigenvalue weighted by Crippen LogP contribution is -2.26. The number of nitrogens with one attached hydrogen (secondary N) is 1. The normalized spacial score (nSPS) is 12.0. The van der Waals surface area contributed by atoms with E-state index in [0.717, 1.165) is 15.8 Å². The van der Waals surface area contributed by atoms with Gasteiger partial charge >= 0.3 is 11.9 Å². The maximum atomic E-state index is 12.9. The Kier molecular flexibility index (Phi) is 7.97. The first-order chi connectivity index (χ1) is 13.7. The first-order valence-electron chi connectivity index (χ1n) is 9.21. The zero-order valence-corrected chi connectivity index (χ0v) is 19.3. The molecule has 158 valence electrons. The Balaban J connectivity index is 2.41. The summed E-state index contributed by atoms with van der Waals surface area (Å²) in [7, 11) is 0. The highest BCUT2D eigenvalue weighted by molar-refractivity contribution is 9.10. The van der Waals surface area contributed by atoms with E-state index in [4.69, 9.17) is 9.47 Å². The minimum absolute atomic E-state index is 0.164. The van der Waals surface area contributed by atoms with E-state index < -0.39 is 18.0 Å². The summed E-state index contributed by atoms with van der Waals surface area (Å²) in [5.74, 6) is -1.50. The molecule has 2 rings (SSSR count). The molecular weight excluding hydrogens is 462 g/mol. The summed E-state index contributed by atoms with van der Waals surface area (Å²) in [6.07, 6.45) is 3.43. The molecular formula is C19H24BrN3O5S. The quantitative estimate of drug-likeness (QED) is 0.557. The van der Waals surface area contributed by atoms with Crippen LogP contribution >= 0.6 is 27.3 Å². The van der Waals surface area contributed by atoms with Crippen LogP contribution in [0.25, 0.3) is 0 Å². The number of anilines is 1. The number of hydrogen-bond acceptors (Lipinski definition) is 7. The highest BCUT2D eigenvalue weighted by atomic mass is 79.9. The summed E-state index contributed by atoms with van der Waals surface area (Å²) in [6, 6.07) is -0.580.